The number of phenols is 1. The molecule has 1 aromatic heterocycles. The van der Waals surface area contributed by atoms with Crippen LogP contribution in [0.4, 0.5) is 0 Å². The Bertz CT molecular complexity index is 887. The van der Waals surface area contributed by atoms with Gasteiger partial charge in [0.15, 0.2) is 0 Å². The molecule has 1 heterocycles. The molecule has 1 aromatic carbocycles. The molecule has 0 amide bonds. The number of carbonyl (C=O) groups is 1. The molecular weight excluding hydrogens is 336 g/mol. The predicted octanol–water partition coefficient (Wildman–Crippen LogP) is 3.34. The molecule has 6 heteroatoms. The van der Waals surface area contributed by atoms with Crippen molar-refractivity contribution in [3.05, 3.63) is 51.9 Å². The fraction of sp³-hybridized carbons (Fsp3) is 0.400. The molecule has 0 aliphatic carbocycles. The molecular formula is C20H24O6. The highest BCUT2D eigenvalue weighted by molar-refractivity contribution is 5.83. The molecule has 1 atom stereocenters. The van der Waals surface area contributed by atoms with Crippen LogP contribution in [0.5, 0.6) is 5.75 Å². The van der Waals surface area contributed by atoms with E-state index in [9.17, 15) is 14.7 Å². The third-order valence-corrected chi connectivity index (χ3v) is 4.22. The predicted molar refractivity (Wildman–Crippen MR) is 98.3 cm³/mol. The van der Waals surface area contributed by atoms with Gasteiger partial charge in [-0.05, 0) is 45.9 Å². The zero-order valence-electron chi connectivity index (χ0n) is 15.7. The molecule has 0 spiro atoms. The zero-order valence-corrected chi connectivity index (χ0v) is 15.7. The van der Waals surface area contributed by atoms with Crippen LogP contribution in [0, 0.1) is 0 Å². The second-order valence-corrected chi connectivity index (χ2v) is 6.89. The normalized spacial score (nSPS) is 12.7. The van der Waals surface area contributed by atoms with Crippen molar-refractivity contribution >= 4 is 16.9 Å². The first-order chi connectivity index (χ1) is 12.1. The van der Waals surface area contributed by atoms with Crippen molar-refractivity contribution in [2.24, 2.45) is 0 Å². The van der Waals surface area contributed by atoms with E-state index in [0.717, 1.165) is 5.57 Å². The minimum absolute atomic E-state index is 0.0398. The maximum atomic E-state index is 12.1. The van der Waals surface area contributed by atoms with Crippen LogP contribution in [0.25, 0.3) is 11.0 Å². The van der Waals surface area contributed by atoms with E-state index < -0.39 is 23.3 Å². The molecule has 0 saturated heterocycles. The summed E-state index contributed by atoms with van der Waals surface area (Å²) in [6.45, 7) is 7.16. The third-order valence-electron chi connectivity index (χ3n) is 4.22. The van der Waals surface area contributed by atoms with Gasteiger partial charge >= 0.3 is 11.6 Å². The van der Waals surface area contributed by atoms with Crippen LogP contribution in [-0.2, 0) is 20.7 Å². The smallest absolute Gasteiger partial charge is 0.336 e. The van der Waals surface area contributed by atoms with Crippen molar-refractivity contribution < 1.29 is 23.8 Å². The number of allylic oxidation sites excluding steroid dienone is 1. The van der Waals surface area contributed by atoms with Crippen LogP contribution < -0.4 is 5.63 Å². The topological polar surface area (TPSA) is 86.0 Å². The Hall–Kier alpha value is -2.60. The lowest BCUT2D eigenvalue weighted by atomic mass is 9.93. The molecule has 0 aliphatic heterocycles. The second-order valence-electron chi connectivity index (χ2n) is 6.89. The highest BCUT2D eigenvalue weighted by Crippen LogP contribution is 2.31. The van der Waals surface area contributed by atoms with E-state index in [-0.39, 0.29) is 17.8 Å². The molecule has 26 heavy (non-hydrogen) atoms. The van der Waals surface area contributed by atoms with E-state index in [2.05, 4.69) is 0 Å². The molecule has 1 N–H and O–H groups in total. The van der Waals surface area contributed by atoms with E-state index in [1.807, 2.05) is 0 Å². The molecule has 6 nitrogen and oxygen atoms in total. The Labute approximate surface area is 152 Å². The van der Waals surface area contributed by atoms with Crippen molar-refractivity contribution in [2.75, 3.05) is 7.11 Å². The van der Waals surface area contributed by atoms with Crippen LogP contribution in [0.3, 0.4) is 0 Å². The number of hydrogen-bond acceptors (Lipinski definition) is 6. The number of phenolic OH excluding ortho intramolecular Hbond substituents is 1. The molecule has 2 aromatic rings. The lowest BCUT2D eigenvalue weighted by Crippen LogP contribution is -2.42. The van der Waals surface area contributed by atoms with E-state index in [0.29, 0.717) is 10.9 Å². The molecule has 0 unspecified atom stereocenters. The summed E-state index contributed by atoms with van der Waals surface area (Å²) in [7, 11) is 1.52. The summed E-state index contributed by atoms with van der Waals surface area (Å²) >= 11 is 0. The number of esters is 1. The number of hydrogen-bond donors (Lipinski definition) is 1. The van der Waals surface area contributed by atoms with E-state index in [4.69, 9.17) is 13.9 Å². The van der Waals surface area contributed by atoms with Gasteiger partial charge in [-0.3, -0.25) is 0 Å². The lowest BCUT2D eigenvalue weighted by Gasteiger charge is -2.32. The molecule has 140 valence electrons. The summed E-state index contributed by atoms with van der Waals surface area (Å²) in [5, 5.41) is 11.0. The van der Waals surface area contributed by atoms with Crippen LogP contribution in [0.1, 0.15) is 33.3 Å². The highest BCUT2D eigenvalue weighted by Gasteiger charge is 2.34. The zero-order chi connectivity index (χ0) is 19.5. The van der Waals surface area contributed by atoms with Gasteiger partial charge in [0.1, 0.15) is 17.4 Å². The van der Waals surface area contributed by atoms with Gasteiger partial charge in [0.2, 0.25) is 0 Å². The largest absolute Gasteiger partial charge is 0.508 e. The Morgan fingerprint density at radius 1 is 1.27 bits per heavy atom. The van der Waals surface area contributed by atoms with Crippen LogP contribution in [-0.4, -0.2) is 29.9 Å². The number of fused-ring (bicyclic) bond motifs is 1. The first-order valence-electron chi connectivity index (χ1n) is 8.29. The Kier molecular flexibility index (Phi) is 5.87. The highest BCUT2D eigenvalue weighted by atomic mass is 16.6. The first kappa shape index (κ1) is 19.7. The Balaban J connectivity index is 2.48. The number of carbonyl (C=O) groups excluding carboxylic acids is 1. The monoisotopic (exact) mass is 360 g/mol. The summed E-state index contributed by atoms with van der Waals surface area (Å²) in [6.07, 6.45) is 0.804. The number of rotatable bonds is 6. The maximum absolute atomic E-state index is 12.1. The molecule has 0 fully saturated rings. The van der Waals surface area contributed by atoms with Gasteiger partial charge < -0.3 is 19.0 Å². The average molecular weight is 360 g/mol. The fourth-order valence-electron chi connectivity index (χ4n) is 2.53. The third kappa shape index (κ3) is 4.52. The van der Waals surface area contributed by atoms with Gasteiger partial charge in [-0.25, -0.2) is 9.59 Å². The quantitative estimate of drug-likeness (QED) is 0.483. The van der Waals surface area contributed by atoms with Gasteiger partial charge in [-0.1, -0.05) is 5.57 Å². The number of benzene rings is 1. The molecule has 2 rings (SSSR count). The van der Waals surface area contributed by atoms with Crippen LogP contribution >= 0.6 is 0 Å². The fourth-order valence-corrected chi connectivity index (χ4v) is 2.53. The second kappa shape index (κ2) is 7.74. The van der Waals surface area contributed by atoms with Gasteiger partial charge in [0.25, 0.3) is 0 Å². The Morgan fingerprint density at radius 3 is 2.54 bits per heavy atom. The summed E-state index contributed by atoms with van der Waals surface area (Å²) in [5.41, 5.74) is 0.124. The minimum atomic E-state index is -0.825. The van der Waals surface area contributed by atoms with Gasteiger partial charge in [0, 0.05) is 36.6 Å². The van der Waals surface area contributed by atoms with Crippen molar-refractivity contribution in [1.29, 1.82) is 0 Å². The first-order valence-corrected chi connectivity index (χ1v) is 8.29. The molecule has 0 radical (unpaired) electrons. The van der Waals surface area contributed by atoms with Crippen molar-refractivity contribution in [2.45, 2.75) is 45.8 Å². The summed E-state index contributed by atoms with van der Waals surface area (Å²) in [6, 6.07) is 6.11. The lowest BCUT2D eigenvalue weighted by molar-refractivity contribution is -0.159. The molecule has 0 aliphatic rings. The summed E-state index contributed by atoms with van der Waals surface area (Å²) in [5.74, 6) is -0.539. The van der Waals surface area contributed by atoms with Crippen molar-refractivity contribution in [1.82, 2.24) is 0 Å². The maximum Gasteiger partial charge on any atom is 0.336 e. The molecule has 0 bridgehead atoms. The van der Waals surface area contributed by atoms with Gasteiger partial charge in [0.05, 0.1) is 5.60 Å². The minimum Gasteiger partial charge on any atom is -0.508 e. The van der Waals surface area contributed by atoms with Crippen molar-refractivity contribution in [3.63, 3.8) is 0 Å². The van der Waals surface area contributed by atoms with Crippen molar-refractivity contribution in [3.8, 4) is 5.75 Å². The number of methoxy groups -OCH3 is 1. The van der Waals surface area contributed by atoms with Gasteiger partial charge in [-0.15, -0.1) is 0 Å². The Morgan fingerprint density at radius 2 is 1.92 bits per heavy atom. The van der Waals surface area contributed by atoms with E-state index >= 15 is 0 Å². The molecule has 0 saturated carbocycles. The standard InChI is InChI=1S/C20H24O6/c1-12(2)10-18(23)25-16(20(3,4)24-5)11-14-15(21)8-6-13-7-9-17(22)26-19(13)14/h6-10,16,21H,11H2,1-5H3/t16-/m0/s1. The van der Waals surface area contributed by atoms with Gasteiger partial charge in [-0.2, -0.15) is 0 Å². The van der Waals surface area contributed by atoms with E-state index in [1.54, 1.807) is 39.8 Å². The van der Waals surface area contributed by atoms with Crippen LogP contribution in [0.15, 0.2) is 45.1 Å². The number of ether oxygens (including phenoxy) is 2. The summed E-state index contributed by atoms with van der Waals surface area (Å²) in [4.78, 5) is 23.7. The van der Waals surface area contributed by atoms with E-state index in [1.165, 1.54) is 25.3 Å². The SMILES string of the molecule is COC(C)(C)[C@H](Cc1c(O)ccc2ccc(=O)oc12)OC(=O)C=C(C)C. The van der Waals surface area contributed by atoms with Crippen LogP contribution in [0.2, 0.25) is 0 Å². The summed E-state index contributed by atoms with van der Waals surface area (Å²) < 4.78 is 16.3. The average Bonchev–Trinajstić information content (AvgIpc) is 2.55. The number of aromatic hydroxyl groups is 1.